The van der Waals surface area contributed by atoms with Gasteiger partial charge in [-0.25, -0.2) is 32.7 Å². The maximum absolute atomic E-state index is 13.4. The molecule has 2 aliphatic carbocycles. The standard InChI is InChI=1S/C38H51N5O6S/c1-23(2)16-27(39-29-19-38(20-29)21-30(22-38)41-36(46)49-37(5,6)7)14-15-28-18-32(33-24(3)10-8-11-25(33)4)42-35(40-28)43-50(47,48)31-13-9-12-26(17-31)34(44)45/h8-13,17-18,23,27,29-30,39H,14-16,19-22H2,1-7H3,(H,41,46)(H,44,45)(H,40,42,43). The molecule has 2 aliphatic rings. The summed E-state index contributed by atoms with van der Waals surface area (Å²) in [7, 11) is -4.17. The van der Waals surface area contributed by atoms with E-state index in [1.54, 1.807) is 0 Å². The van der Waals surface area contributed by atoms with Gasteiger partial charge >= 0.3 is 12.1 Å². The van der Waals surface area contributed by atoms with E-state index in [9.17, 15) is 23.1 Å². The molecular weight excluding hydrogens is 655 g/mol. The summed E-state index contributed by atoms with van der Waals surface area (Å²) in [6.07, 6.45) is 6.15. The summed E-state index contributed by atoms with van der Waals surface area (Å²) >= 11 is 0. The molecule has 11 nitrogen and oxygen atoms in total. The smallest absolute Gasteiger partial charge is 0.407 e. The SMILES string of the molecule is Cc1cccc(C)c1-c1cc(CCC(CC(C)C)NC2CC3(CC(NC(=O)OC(C)(C)C)C3)C2)nc(NS(=O)(=O)c2cccc(C(=O)O)c2)n1. The van der Waals surface area contributed by atoms with Crippen LogP contribution in [-0.4, -0.2) is 59.3 Å². The van der Waals surface area contributed by atoms with Crippen molar-refractivity contribution in [2.45, 2.75) is 122 Å². The third kappa shape index (κ3) is 9.39. The quantitative estimate of drug-likeness (QED) is 0.146. The first kappa shape index (κ1) is 37.2. The second-order valence-electron chi connectivity index (χ2n) is 15.7. The minimum Gasteiger partial charge on any atom is -0.478 e. The van der Waals surface area contributed by atoms with E-state index in [1.165, 1.54) is 18.2 Å². The number of aromatic carboxylic acids is 1. The van der Waals surface area contributed by atoms with E-state index in [-0.39, 0.29) is 40.0 Å². The normalized spacial score (nSPS) is 20.9. The lowest BCUT2D eigenvalue weighted by Gasteiger charge is -2.58. The maximum Gasteiger partial charge on any atom is 0.407 e. The van der Waals surface area contributed by atoms with Gasteiger partial charge in [0.15, 0.2) is 0 Å². The third-order valence-electron chi connectivity index (χ3n) is 9.55. The molecule has 2 aromatic carbocycles. The van der Waals surface area contributed by atoms with Gasteiger partial charge in [0.05, 0.1) is 16.2 Å². The first-order valence-corrected chi connectivity index (χ1v) is 18.9. The van der Waals surface area contributed by atoms with Crippen LogP contribution in [0.15, 0.2) is 53.4 Å². The number of aromatic nitrogens is 2. The Balaban J connectivity index is 1.29. The first-order valence-electron chi connectivity index (χ1n) is 17.5. The van der Waals surface area contributed by atoms with E-state index < -0.39 is 21.6 Å². The minimum atomic E-state index is -4.17. The number of carbonyl (C=O) groups is 2. The highest BCUT2D eigenvalue weighted by molar-refractivity contribution is 7.92. The van der Waals surface area contributed by atoms with Gasteiger partial charge in [0.25, 0.3) is 10.0 Å². The summed E-state index contributed by atoms with van der Waals surface area (Å²) in [5.74, 6) is -0.798. The Hall–Kier alpha value is -4.03. The van der Waals surface area contributed by atoms with Crippen molar-refractivity contribution < 1.29 is 27.9 Å². The zero-order valence-electron chi connectivity index (χ0n) is 30.2. The van der Waals surface area contributed by atoms with Crippen molar-refractivity contribution in [1.82, 2.24) is 20.6 Å². The maximum atomic E-state index is 13.4. The van der Waals surface area contributed by atoms with Crippen LogP contribution in [0.5, 0.6) is 0 Å². The number of alkyl carbamates (subject to hydrolysis) is 1. The molecular formula is C38H51N5O6S. The zero-order chi connectivity index (χ0) is 36.4. The average molecular weight is 706 g/mol. The van der Waals surface area contributed by atoms with Gasteiger partial charge in [0, 0.05) is 29.4 Å². The number of ether oxygens (including phenoxy) is 1. The van der Waals surface area contributed by atoms with Crippen LogP contribution in [0.4, 0.5) is 10.7 Å². The predicted molar refractivity (Wildman–Crippen MR) is 194 cm³/mol. The van der Waals surface area contributed by atoms with E-state index in [0.717, 1.165) is 61.3 Å². The third-order valence-corrected chi connectivity index (χ3v) is 10.9. The molecule has 0 radical (unpaired) electrons. The van der Waals surface area contributed by atoms with Gasteiger partial charge in [0.2, 0.25) is 5.95 Å². The second kappa shape index (κ2) is 14.7. The van der Waals surface area contributed by atoms with E-state index in [1.807, 2.05) is 58.9 Å². The fourth-order valence-corrected chi connectivity index (χ4v) is 8.47. The summed E-state index contributed by atoms with van der Waals surface area (Å²) in [6, 6.07) is 13.9. The van der Waals surface area contributed by atoms with E-state index in [0.29, 0.717) is 29.8 Å². The number of rotatable bonds is 13. The Labute approximate surface area is 296 Å². The van der Waals surface area contributed by atoms with Crippen molar-refractivity contribution >= 4 is 28.0 Å². The molecule has 1 aromatic heterocycles. The number of hydrogen-bond acceptors (Lipinski definition) is 8. The summed E-state index contributed by atoms with van der Waals surface area (Å²) in [4.78, 5) is 32.8. The molecule has 12 heteroatoms. The van der Waals surface area contributed by atoms with Gasteiger partial charge in [0.1, 0.15) is 5.60 Å². The molecule has 270 valence electrons. The lowest BCUT2D eigenvalue weighted by atomic mass is 9.52. The lowest BCUT2D eigenvalue weighted by molar-refractivity contribution is -0.0364. The Morgan fingerprint density at radius 2 is 1.62 bits per heavy atom. The van der Waals surface area contributed by atoms with E-state index in [4.69, 9.17) is 4.74 Å². The van der Waals surface area contributed by atoms with Crippen molar-refractivity contribution in [1.29, 1.82) is 0 Å². The number of sulfonamides is 1. The number of nitrogens with zero attached hydrogens (tertiary/aromatic N) is 2. The molecule has 1 amide bonds. The molecule has 1 unspecified atom stereocenters. The monoisotopic (exact) mass is 705 g/mol. The highest BCUT2D eigenvalue weighted by atomic mass is 32.2. The molecule has 3 aromatic rings. The number of benzene rings is 2. The van der Waals surface area contributed by atoms with Crippen molar-refractivity contribution in [2.24, 2.45) is 11.3 Å². The van der Waals surface area contributed by atoms with Crippen LogP contribution in [0.25, 0.3) is 11.3 Å². The summed E-state index contributed by atoms with van der Waals surface area (Å²) in [5.41, 5.74) is 3.91. The van der Waals surface area contributed by atoms with Crippen LogP contribution >= 0.6 is 0 Å². The predicted octanol–water partition coefficient (Wildman–Crippen LogP) is 7.03. The van der Waals surface area contributed by atoms with Gasteiger partial charge in [-0.1, -0.05) is 38.1 Å². The van der Waals surface area contributed by atoms with Crippen LogP contribution in [0.2, 0.25) is 0 Å². The number of carboxylic acid groups (broad SMARTS) is 1. The zero-order valence-corrected chi connectivity index (χ0v) is 31.0. The largest absolute Gasteiger partial charge is 0.478 e. The number of hydrogen-bond donors (Lipinski definition) is 4. The number of carbonyl (C=O) groups excluding carboxylic acids is 1. The summed E-state index contributed by atoms with van der Waals surface area (Å²) < 4.78 is 34.7. The number of amides is 1. The number of anilines is 1. The summed E-state index contributed by atoms with van der Waals surface area (Å²) in [5, 5.41) is 16.3. The van der Waals surface area contributed by atoms with Crippen molar-refractivity contribution in [3.05, 3.63) is 70.9 Å². The Morgan fingerprint density at radius 1 is 0.980 bits per heavy atom. The molecule has 0 saturated heterocycles. The van der Waals surface area contributed by atoms with Gasteiger partial charge in [-0.3, -0.25) is 0 Å². The lowest BCUT2D eigenvalue weighted by Crippen LogP contribution is -2.61. The molecule has 2 fully saturated rings. The van der Waals surface area contributed by atoms with Crippen LogP contribution in [0.3, 0.4) is 0 Å². The molecule has 1 heterocycles. The van der Waals surface area contributed by atoms with E-state index in [2.05, 4.69) is 39.2 Å². The molecule has 1 spiro atoms. The first-order chi connectivity index (χ1) is 23.4. The Morgan fingerprint density at radius 3 is 2.24 bits per heavy atom. The minimum absolute atomic E-state index is 0.0605. The van der Waals surface area contributed by atoms with Gasteiger partial charge in [-0.2, -0.15) is 0 Å². The molecule has 50 heavy (non-hydrogen) atoms. The van der Waals surface area contributed by atoms with Crippen molar-refractivity contribution in [3.63, 3.8) is 0 Å². The number of carboxylic acids is 1. The van der Waals surface area contributed by atoms with Crippen LogP contribution in [0, 0.1) is 25.2 Å². The Kier molecular flexibility index (Phi) is 10.9. The average Bonchev–Trinajstić information content (AvgIpc) is 2.96. The second-order valence-corrected chi connectivity index (χ2v) is 17.3. The molecule has 0 aliphatic heterocycles. The van der Waals surface area contributed by atoms with Gasteiger partial charge in [-0.05, 0) is 126 Å². The molecule has 5 rings (SSSR count). The van der Waals surface area contributed by atoms with Crippen LogP contribution in [-0.2, 0) is 21.2 Å². The van der Waals surface area contributed by atoms with Gasteiger partial charge < -0.3 is 20.5 Å². The summed E-state index contributed by atoms with van der Waals surface area (Å²) in [6.45, 7) is 14.0. The fraction of sp³-hybridized carbons (Fsp3) is 0.526. The number of nitrogens with one attached hydrogen (secondary N) is 3. The topological polar surface area (TPSA) is 160 Å². The van der Waals surface area contributed by atoms with Gasteiger partial charge in [-0.15, -0.1) is 0 Å². The number of aryl methyl sites for hydroxylation is 3. The molecule has 1 atom stereocenters. The van der Waals surface area contributed by atoms with Crippen LogP contribution in [0.1, 0.15) is 100 Å². The highest BCUT2D eigenvalue weighted by Gasteiger charge is 2.53. The molecule has 4 N–H and O–H groups in total. The Bertz CT molecular complexity index is 1800. The van der Waals surface area contributed by atoms with Crippen LogP contribution < -0.4 is 15.4 Å². The van der Waals surface area contributed by atoms with E-state index >= 15 is 0 Å². The molecule has 2 saturated carbocycles. The highest BCUT2D eigenvalue weighted by Crippen LogP contribution is 2.56. The van der Waals surface area contributed by atoms with Crippen molar-refractivity contribution in [3.8, 4) is 11.3 Å². The molecule has 0 bridgehead atoms. The van der Waals surface area contributed by atoms with Crippen molar-refractivity contribution in [2.75, 3.05) is 4.72 Å². The fourth-order valence-electron chi connectivity index (χ4n) is 7.49.